The topological polar surface area (TPSA) is 54.0 Å². The summed E-state index contributed by atoms with van der Waals surface area (Å²) in [6, 6.07) is 7.81. The van der Waals surface area contributed by atoms with Gasteiger partial charge in [-0.05, 0) is 37.6 Å². The lowest BCUT2D eigenvalue weighted by atomic mass is 10.3. The van der Waals surface area contributed by atoms with E-state index < -0.39 is 0 Å². The fraction of sp³-hybridized carbons (Fsp3) is 0.611. The summed E-state index contributed by atoms with van der Waals surface area (Å²) in [4.78, 5) is 16.0. The molecule has 1 aliphatic heterocycles. The van der Waals surface area contributed by atoms with Crippen LogP contribution in [0, 0.1) is 0 Å². The maximum Gasteiger partial charge on any atom is 0.317 e. The van der Waals surface area contributed by atoms with E-state index >= 15 is 0 Å². The molecule has 2 amide bonds. The summed E-state index contributed by atoms with van der Waals surface area (Å²) < 4.78 is 11.3. The van der Waals surface area contributed by atoms with Gasteiger partial charge in [0.2, 0.25) is 0 Å². The Bertz CT molecular complexity index is 485. The summed E-state index contributed by atoms with van der Waals surface area (Å²) >= 11 is 0. The molecule has 0 aromatic heterocycles. The van der Waals surface area contributed by atoms with Crippen LogP contribution in [0.1, 0.15) is 20.3 Å². The van der Waals surface area contributed by atoms with Crippen LogP contribution in [0.4, 0.5) is 4.79 Å². The second-order valence-corrected chi connectivity index (χ2v) is 5.83. The van der Waals surface area contributed by atoms with Crippen LogP contribution in [0.15, 0.2) is 24.3 Å². The third-order valence-electron chi connectivity index (χ3n) is 3.96. The highest BCUT2D eigenvalue weighted by atomic mass is 16.5. The van der Waals surface area contributed by atoms with E-state index in [4.69, 9.17) is 9.47 Å². The Labute approximate surface area is 144 Å². The van der Waals surface area contributed by atoms with Crippen LogP contribution in [0.25, 0.3) is 0 Å². The molecule has 1 saturated heterocycles. The largest absolute Gasteiger partial charge is 0.494 e. The molecule has 0 atom stereocenters. The summed E-state index contributed by atoms with van der Waals surface area (Å²) in [6.45, 7) is 10.3. The monoisotopic (exact) mass is 335 g/mol. The van der Waals surface area contributed by atoms with E-state index in [0.717, 1.165) is 57.3 Å². The molecule has 0 unspecified atom stereocenters. The van der Waals surface area contributed by atoms with Gasteiger partial charge in [-0.3, -0.25) is 4.90 Å². The Morgan fingerprint density at radius 3 is 2.12 bits per heavy atom. The lowest BCUT2D eigenvalue weighted by molar-refractivity contribution is 0.126. The summed E-state index contributed by atoms with van der Waals surface area (Å²) in [6.07, 6.45) is 1.01. The second-order valence-electron chi connectivity index (χ2n) is 5.83. The Morgan fingerprint density at radius 2 is 1.58 bits per heavy atom. The van der Waals surface area contributed by atoms with E-state index in [9.17, 15) is 4.79 Å². The van der Waals surface area contributed by atoms with Crippen LogP contribution in [0.2, 0.25) is 0 Å². The van der Waals surface area contributed by atoms with Crippen LogP contribution in [0.3, 0.4) is 0 Å². The van der Waals surface area contributed by atoms with Crippen molar-refractivity contribution in [1.29, 1.82) is 0 Å². The molecule has 6 heteroatoms. The first-order valence-electron chi connectivity index (χ1n) is 8.83. The predicted octanol–water partition coefficient (Wildman–Crippen LogP) is 2.20. The lowest BCUT2D eigenvalue weighted by Crippen LogP contribution is -2.52. The van der Waals surface area contributed by atoms with Crippen molar-refractivity contribution < 1.29 is 14.3 Å². The molecular weight excluding hydrogens is 306 g/mol. The zero-order valence-electron chi connectivity index (χ0n) is 14.8. The highest BCUT2D eigenvalue weighted by molar-refractivity contribution is 5.74. The Balaban J connectivity index is 1.63. The van der Waals surface area contributed by atoms with Gasteiger partial charge in [-0.2, -0.15) is 0 Å². The molecule has 24 heavy (non-hydrogen) atoms. The molecule has 6 nitrogen and oxygen atoms in total. The summed E-state index contributed by atoms with van der Waals surface area (Å²) in [5.74, 6) is 1.74. The number of carbonyl (C=O) groups is 1. The summed E-state index contributed by atoms with van der Waals surface area (Å²) in [7, 11) is 0. The molecule has 1 aromatic carbocycles. The van der Waals surface area contributed by atoms with E-state index in [0.29, 0.717) is 13.2 Å². The first-order chi connectivity index (χ1) is 11.7. The molecule has 0 aliphatic carbocycles. The van der Waals surface area contributed by atoms with Crippen molar-refractivity contribution in [2.45, 2.75) is 20.3 Å². The van der Waals surface area contributed by atoms with Crippen LogP contribution < -0.4 is 14.8 Å². The van der Waals surface area contributed by atoms with Crippen LogP contribution >= 0.6 is 0 Å². The molecule has 0 radical (unpaired) electrons. The maximum atomic E-state index is 11.8. The maximum absolute atomic E-state index is 11.8. The van der Waals surface area contributed by atoms with E-state index in [1.54, 1.807) is 0 Å². The minimum Gasteiger partial charge on any atom is -0.494 e. The molecule has 134 valence electrons. The molecule has 1 N–H and O–H groups in total. The minimum absolute atomic E-state index is 0.0405. The van der Waals surface area contributed by atoms with Crippen molar-refractivity contribution in [1.82, 2.24) is 15.1 Å². The summed E-state index contributed by atoms with van der Waals surface area (Å²) in [5, 5.41) is 2.85. The number of nitrogens with zero attached hydrogens (tertiary/aromatic N) is 2. The molecule has 1 aliphatic rings. The first kappa shape index (κ1) is 18.4. The van der Waals surface area contributed by atoms with Crippen molar-refractivity contribution in [2.75, 3.05) is 52.5 Å². The molecule has 1 fully saturated rings. The van der Waals surface area contributed by atoms with Crippen molar-refractivity contribution >= 4 is 6.03 Å². The van der Waals surface area contributed by atoms with Gasteiger partial charge in [-0.25, -0.2) is 4.79 Å². The Hall–Kier alpha value is -1.95. The normalized spacial score (nSPS) is 15.2. The molecule has 1 aromatic rings. The highest BCUT2D eigenvalue weighted by Crippen LogP contribution is 2.17. The number of hydrogen-bond donors (Lipinski definition) is 1. The van der Waals surface area contributed by atoms with Crippen molar-refractivity contribution in [3.63, 3.8) is 0 Å². The average Bonchev–Trinajstić information content (AvgIpc) is 2.62. The van der Waals surface area contributed by atoms with E-state index in [-0.39, 0.29) is 6.03 Å². The van der Waals surface area contributed by atoms with Gasteiger partial charge >= 0.3 is 6.03 Å². The number of piperazine rings is 1. The fourth-order valence-corrected chi connectivity index (χ4v) is 2.58. The number of ether oxygens (including phenoxy) is 2. The second kappa shape index (κ2) is 10.0. The zero-order valence-corrected chi connectivity index (χ0v) is 14.8. The molecular formula is C18H29N3O3. The third-order valence-corrected chi connectivity index (χ3v) is 3.96. The SMILES string of the molecule is CCCOc1ccc(OCCN2CCN(C(=O)NCC)CC2)cc1. The number of hydrogen-bond acceptors (Lipinski definition) is 4. The number of rotatable bonds is 8. The number of benzene rings is 1. The highest BCUT2D eigenvalue weighted by Gasteiger charge is 2.20. The number of amides is 2. The Kier molecular flexibility index (Phi) is 7.68. The lowest BCUT2D eigenvalue weighted by Gasteiger charge is -2.34. The van der Waals surface area contributed by atoms with Crippen LogP contribution in [0.5, 0.6) is 11.5 Å². The average molecular weight is 335 g/mol. The van der Waals surface area contributed by atoms with Gasteiger partial charge < -0.3 is 19.7 Å². The van der Waals surface area contributed by atoms with E-state index in [2.05, 4.69) is 17.1 Å². The molecule has 0 spiro atoms. The third kappa shape index (κ3) is 5.92. The van der Waals surface area contributed by atoms with Gasteiger partial charge in [0, 0.05) is 39.3 Å². The van der Waals surface area contributed by atoms with Gasteiger partial charge in [0.1, 0.15) is 18.1 Å². The fourth-order valence-electron chi connectivity index (χ4n) is 2.58. The quantitative estimate of drug-likeness (QED) is 0.791. The van der Waals surface area contributed by atoms with E-state index in [1.165, 1.54) is 0 Å². The molecule has 0 bridgehead atoms. The van der Waals surface area contributed by atoms with Crippen LogP contribution in [-0.4, -0.2) is 68.3 Å². The van der Waals surface area contributed by atoms with Gasteiger partial charge in [0.25, 0.3) is 0 Å². The number of urea groups is 1. The number of nitrogens with one attached hydrogen (secondary N) is 1. The molecule has 1 heterocycles. The van der Waals surface area contributed by atoms with Gasteiger partial charge in [-0.15, -0.1) is 0 Å². The van der Waals surface area contributed by atoms with Crippen molar-refractivity contribution in [2.24, 2.45) is 0 Å². The standard InChI is InChI=1S/C18H29N3O3/c1-3-14-23-16-5-7-17(8-6-16)24-15-13-20-9-11-21(12-10-20)18(22)19-4-2/h5-8H,3-4,9-15H2,1-2H3,(H,19,22). The van der Waals surface area contributed by atoms with Gasteiger partial charge in [-0.1, -0.05) is 6.92 Å². The molecule has 2 rings (SSSR count). The first-order valence-corrected chi connectivity index (χ1v) is 8.83. The van der Waals surface area contributed by atoms with E-state index in [1.807, 2.05) is 36.1 Å². The predicted molar refractivity (Wildman–Crippen MR) is 94.8 cm³/mol. The minimum atomic E-state index is 0.0405. The van der Waals surface area contributed by atoms with Crippen LogP contribution in [-0.2, 0) is 0 Å². The van der Waals surface area contributed by atoms with Gasteiger partial charge in [0.15, 0.2) is 0 Å². The van der Waals surface area contributed by atoms with Crippen molar-refractivity contribution in [3.8, 4) is 11.5 Å². The Morgan fingerprint density at radius 1 is 1.00 bits per heavy atom. The smallest absolute Gasteiger partial charge is 0.317 e. The molecule has 0 saturated carbocycles. The van der Waals surface area contributed by atoms with Gasteiger partial charge in [0.05, 0.1) is 6.61 Å². The summed E-state index contributed by atoms with van der Waals surface area (Å²) in [5.41, 5.74) is 0. The van der Waals surface area contributed by atoms with Crippen molar-refractivity contribution in [3.05, 3.63) is 24.3 Å². The zero-order chi connectivity index (χ0) is 17.2. The number of carbonyl (C=O) groups excluding carboxylic acids is 1.